The van der Waals surface area contributed by atoms with Crippen molar-refractivity contribution >= 4 is 0 Å². The van der Waals surface area contributed by atoms with Crippen molar-refractivity contribution in [2.75, 3.05) is 13.1 Å². The van der Waals surface area contributed by atoms with E-state index < -0.39 is 0 Å². The Bertz CT molecular complexity index is 104. The lowest BCUT2D eigenvalue weighted by atomic mass is 9.80. The van der Waals surface area contributed by atoms with Gasteiger partial charge in [-0.25, -0.2) is 0 Å². The van der Waals surface area contributed by atoms with Crippen LogP contribution in [0.5, 0.6) is 0 Å². The molecule has 0 spiro atoms. The summed E-state index contributed by atoms with van der Waals surface area (Å²) in [6.07, 6.45) is 2.26. The Morgan fingerprint density at radius 2 is 1.80 bits per heavy atom. The van der Waals surface area contributed by atoms with E-state index in [1.807, 2.05) is 0 Å². The van der Waals surface area contributed by atoms with Crippen LogP contribution in [0.2, 0.25) is 0 Å². The fourth-order valence-electron chi connectivity index (χ4n) is 1.47. The molecule has 0 bridgehead atoms. The zero-order valence-electron chi connectivity index (χ0n) is 6.98. The standard InChI is InChI=1S/C8H18N2/c1-7(2)8(9)3-5-10-6-4-8/h7,10H,3-6,9H2,1-2H3. The van der Waals surface area contributed by atoms with Crippen LogP contribution in [0.4, 0.5) is 0 Å². The molecule has 2 nitrogen and oxygen atoms in total. The number of rotatable bonds is 1. The molecule has 0 aromatic rings. The van der Waals surface area contributed by atoms with Gasteiger partial charge in [-0.05, 0) is 31.8 Å². The first-order valence-electron chi connectivity index (χ1n) is 4.15. The monoisotopic (exact) mass is 142 g/mol. The zero-order chi connectivity index (χ0) is 7.61. The Labute approximate surface area is 63.2 Å². The quantitative estimate of drug-likeness (QED) is 0.566. The van der Waals surface area contributed by atoms with Crippen molar-refractivity contribution in [1.29, 1.82) is 0 Å². The Morgan fingerprint density at radius 1 is 1.30 bits per heavy atom. The van der Waals surface area contributed by atoms with Crippen LogP contribution in [0.15, 0.2) is 0 Å². The van der Waals surface area contributed by atoms with Gasteiger partial charge in [0, 0.05) is 5.54 Å². The maximum Gasteiger partial charge on any atom is 0.0201 e. The van der Waals surface area contributed by atoms with Crippen LogP contribution in [0, 0.1) is 5.92 Å². The second-order valence-electron chi connectivity index (χ2n) is 3.64. The minimum absolute atomic E-state index is 0.116. The molecule has 0 aliphatic carbocycles. The van der Waals surface area contributed by atoms with Crippen LogP contribution in [-0.2, 0) is 0 Å². The van der Waals surface area contributed by atoms with Crippen LogP contribution in [-0.4, -0.2) is 18.6 Å². The third kappa shape index (κ3) is 1.50. The second-order valence-corrected chi connectivity index (χ2v) is 3.64. The SMILES string of the molecule is CC(C)C1(N)CCNCC1. The Balaban J connectivity index is 2.48. The lowest BCUT2D eigenvalue weighted by molar-refractivity contribution is 0.233. The van der Waals surface area contributed by atoms with Crippen LogP contribution in [0.25, 0.3) is 0 Å². The fraction of sp³-hybridized carbons (Fsp3) is 1.00. The number of piperidine rings is 1. The molecule has 60 valence electrons. The lowest BCUT2D eigenvalue weighted by Gasteiger charge is -2.37. The summed E-state index contributed by atoms with van der Waals surface area (Å²) in [5.41, 5.74) is 6.28. The van der Waals surface area contributed by atoms with Gasteiger partial charge in [0.05, 0.1) is 0 Å². The molecule has 1 aliphatic heterocycles. The minimum Gasteiger partial charge on any atom is -0.325 e. The summed E-state index contributed by atoms with van der Waals surface area (Å²) < 4.78 is 0. The molecular formula is C8H18N2. The van der Waals surface area contributed by atoms with Gasteiger partial charge in [0.25, 0.3) is 0 Å². The van der Waals surface area contributed by atoms with Crippen LogP contribution >= 0.6 is 0 Å². The van der Waals surface area contributed by atoms with E-state index in [-0.39, 0.29) is 5.54 Å². The molecule has 0 atom stereocenters. The molecule has 0 aromatic heterocycles. The van der Waals surface area contributed by atoms with Gasteiger partial charge < -0.3 is 11.1 Å². The van der Waals surface area contributed by atoms with Crippen LogP contribution in [0.3, 0.4) is 0 Å². The molecule has 0 amide bonds. The summed E-state index contributed by atoms with van der Waals surface area (Å²) in [4.78, 5) is 0. The van der Waals surface area contributed by atoms with E-state index in [9.17, 15) is 0 Å². The summed E-state index contributed by atoms with van der Waals surface area (Å²) in [6.45, 7) is 6.61. The number of hydrogen-bond donors (Lipinski definition) is 2. The Kier molecular flexibility index (Phi) is 2.32. The smallest absolute Gasteiger partial charge is 0.0201 e. The molecular weight excluding hydrogens is 124 g/mol. The summed E-state index contributed by atoms with van der Waals surface area (Å²) in [6, 6.07) is 0. The number of hydrogen-bond acceptors (Lipinski definition) is 2. The van der Waals surface area contributed by atoms with E-state index in [0.717, 1.165) is 25.9 Å². The van der Waals surface area contributed by atoms with E-state index >= 15 is 0 Å². The van der Waals surface area contributed by atoms with Gasteiger partial charge in [-0.15, -0.1) is 0 Å². The predicted molar refractivity (Wildman–Crippen MR) is 43.9 cm³/mol. The largest absolute Gasteiger partial charge is 0.325 e. The van der Waals surface area contributed by atoms with Crippen molar-refractivity contribution in [3.05, 3.63) is 0 Å². The first kappa shape index (κ1) is 8.02. The molecule has 3 N–H and O–H groups in total. The normalized spacial score (nSPS) is 25.2. The average molecular weight is 142 g/mol. The maximum absolute atomic E-state index is 6.16. The molecule has 1 rings (SSSR count). The van der Waals surface area contributed by atoms with E-state index in [2.05, 4.69) is 19.2 Å². The van der Waals surface area contributed by atoms with Gasteiger partial charge in [-0.3, -0.25) is 0 Å². The van der Waals surface area contributed by atoms with E-state index in [0.29, 0.717) is 5.92 Å². The molecule has 0 radical (unpaired) electrons. The van der Waals surface area contributed by atoms with Gasteiger partial charge >= 0.3 is 0 Å². The summed E-state index contributed by atoms with van der Waals surface area (Å²) >= 11 is 0. The second kappa shape index (κ2) is 2.89. The van der Waals surface area contributed by atoms with Crippen molar-refractivity contribution in [1.82, 2.24) is 5.32 Å². The van der Waals surface area contributed by atoms with Crippen molar-refractivity contribution < 1.29 is 0 Å². The van der Waals surface area contributed by atoms with Gasteiger partial charge in [0.2, 0.25) is 0 Å². The molecule has 1 fully saturated rings. The summed E-state index contributed by atoms with van der Waals surface area (Å²) in [7, 11) is 0. The Morgan fingerprint density at radius 3 is 2.10 bits per heavy atom. The fourth-order valence-corrected chi connectivity index (χ4v) is 1.47. The third-order valence-corrected chi connectivity index (χ3v) is 2.68. The molecule has 0 unspecified atom stereocenters. The van der Waals surface area contributed by atoms with Gasteiger partial charge in [-0.2, -0.15) is 0 Å². The topological polar surface area (TPSA) is 38.0 Å². The highest BCUT2D eigenvalue weighted by molar-refractivity contribution is 4.91. The van der Waals surface area contributed by atoms with Crippen molar-refractivity contribution in [3.63, 3.8) is 0 Å². The van der Waals surface area contributed by atoms with Crippen LogP contribution in [0.1, 0.15) is 26.7 Å². The molecule has 1 saturated heterocycles. The van der Waals surface area contributed by atoms with E-state index in [4.69, 9.17) is 5.73 Å². The first-order chi connectivity index (χ1) is 4.65. The minimum atomic E-state index is 0.116. The molecule has 0 saturated carbocycles. The predicted octanol–water partition coefficient (Wildman–Crippen LogP) is 0.723. The molecule has 2 heteroatoms. The van der Waals surface area contributed by atoms with Gasteiger partial charge in [-0.1, -0.05) is 13.8 Å². The van der Waals surface area contributed by atoms with Crippen molar-refractivity contribution in [2.45, 2.75) is 32.2 Å². The molecule has 1 aliphatic rings. The van der Waals surface area contributed by atoms with Crippen molar-refractivity contribution in [3.8, 4) is 0 Å². The van der Waals surface area contributed by atoms with Gasteiger partial charge in [0.15, 0.2) is 0 Å². The lowest BCUT2D eigenvalue weighted by Crippen LogP contribution is -2.52. The van der Waals surface area contributed by atoms with E-state index in [1.165, 1.54) is 0 Å². The Hall–Kier alpha value is -0.0800. The molecule has 1 heterocycles. The molecule has 0 aromatic carbocycles. The maximum atomic E-state index is 6.16. The van der Waals surface area contributed by atoms with Gasteiger partial charge in [0.1, 0.15) is 0 Å². The average Bonchev–Trinajstić information content (AvgIpc) is 1.89. The number of nitrogens with one attached hydrogen (secondary N) is 1. The van der Waals surface area contributed by atoms with Crippen LogP contribution < -0.4 is 11.1 Å². The highest BCUT2D eigenvalue weighted by Crippen LogP contribution is 2.23. The van der Waals surface area contributed by atoms with E-state index in [1.54, 1.807) is 0 Å². The first-order valence-corrected chi connectivity index (χ1v) is 4.15. The van der Waals surface area contributed by atoms with Crippen molar-refractivity contribution in [2.24, 2.45) is 11.7 Å². The third-order valence-electron chi connectivity index (χ3n) is 2.68. The highest BCUT2D eigenvalue weighted by Gasteiger charge is 2.30. The molecule has 10 heavy (non-hydrogen) atoms. The summed E-state index contributed by atoms with van der Waals surface area (Å²) in [5.74, 6) is 0.620. The highest BCUT2D eigenvalue weighted by atomic mass is 14.9. The number of nitrogens with two attached hydrogens (primary N) is 1. The zero-order valence-corrected chi connectivity index (χ0v) is 6.98. The summed E-state index contributed by atoms with van der Waals surface area (Å²) in [5, 5.41) is 3.31.